The number of hydrogen-bond donors (Lipinski definition) is 0. The van der Waals surface area contributed by atoms with Gasteiger partial charge in [0.25, 0.3) is 0 Å². The molecule has 4 aliphatic carbocycles. The van der Waals surface area contributed by atoms with E-state index in [9.17, 15) is 0 Å². The van der Waals surface area contributed by atoms with Gasteiger partial charge in [-0.15, -0.1) is 0 Å². The Balaban J connectivity index is 1.17. The largest absolute Gasteiger partial charge is 0.0879 e. The molecular weight excluding hydrogens is 408 g/mol. The van der Waals surface area contributed by atoms with E-state index in [1.165, 1.54) is 134 Å². The molecule has 0 atom stereocenters. The first kappa shape index (κ1) is 26.0. The molecule has 0 amide bonds. The summed E-state index contributed by atoms with van der Waals surface area (Å²) in [6.45, 7) is 4.66. The van der Waals surface area contributed by atoms with Crippen LogP contribution in [0.1, 0.15) is 147 Å². The van der Waals surface area contributed by atoms with Crippen LogP contribution in [0.25, 0.3) is 0 Å². The molecule has 2 bridgehead atoms. The van der Waals surface area contributed by atoms with Crippen LogP contribution in [-0.2, 0) is 11.8 Å². The summed E-state index contributed by atoms with van der Waals surface area (Å²) < 4.78 is 0. The molecule has 0 saturated heterocycles. The zero-order chi connectivity index (χ0) is 23.7. The lowest BCUT2D eigenvalue weighted by Crippen LogP contribution is -2.44. The Morgan fingerprint density at radius 1 is 0.765 bits per heavy atom. The zero-order valence-electron chi connectivity index (χ0n) is 22.8. The minimum atomic E-state index is 0.514. The average molecular weight is 463 g/mol. The first-order chi connectivity index (χ1) is 16.7. The monoisotopic (exact) mass is 462 g/mol. The molecule has 34 heavy (non-hydrogen) atoms. The number of fused-ring (bicyclic) bond motifs is 3. The van der Waals surface area contributed by atoms with Gasteiger partial charge in [-0.3, -0.25) is 0 Å². The fraction of sp³-hybridized carbons (Fsp3) is 0.765. The van der Waals surface area contributed by atoms with Crippen LogP contribution in [0.15, 0.2) is 36.4 Å². The van der Waals surface area contributed by atoms with Gasteiger partial charge < -0.3 is 0 Å². The molecule has 0 radical (unpaired) electrons. The molecule has 1 aromatic rings. The summed E-state index contributed by atoms with van der Waals surface area (Å²) in [6, 6.07) is 9.93. The molecule has 0 nitrogen and oxygen atoms in total. The SMILES string of the molecule is CCCCCC1CCC(/C=C/CCc2ccc(C34CCC(CCCCC)(CC3)CC4)cc2)CC1. The van der Waals surface area contributed by atoms with Crippen LogP contribution < -0.4 is 0 Å². The minimum Gasteiger partial charge on any atom is -0.0879 e. The third kappa shape index (κ3) is 6.79. The van der Waals surface area contributed by atoms with E-state index in [0.717, 1.165) is 17.3 Å². The first-order valence-electron chi connectivity index (χ1n) is 15.4. The normalized spacial score (nSPS) is 31.4. The van der Waals surface area contributed by atoms with Crippen LogP contribution >= 0.6 is 0 Å². The zero-order valence-corrected chi connectivity index (χ0v) is 22.8. The molecular formula is C34H54. The second kappa shape index (κ2) is 12.8. The predicted molar refractivity (Wildman–Crippen MR) is 149 cm³/mol. The molecule has 0 aromatic heterocycles. The highest BCUT2D eigenvalue weighted by molar-refractivity contribution is 5.31. The van der Waals surface area contributed by atoms with Gasteiger partial charge in [0, 0.05) is 0 Å². The maximum absolute atomic E-state index is 2.56. The van der Waals surface area contributed by atoms with Crippen LogP contribution in [0.3, 0.4) is 0 Å². The molecule has 1 aromatic carbocycles. The number of allylic oxidation sites excluding steroid dienone is 2. The summed E-state index contributed by atoms with van der Waals surface area (Å²) in [5.74, 6) is 1.88. The van der Waals surface area contributed by atoms with Crippen molar-refractivity contribution < 1.29 is 0 Å². The second-order valence-electron chi connectivity index (χ2n) is 12.7. The van der Waals surface area contributed by atoms with Gasteiger partial charge in [0.2, 0.25) is 0 Å². The summed E-state index contributed by atoms with van der Waals surface area (Å²) in [5.41, 5.74) is 4.42. The average Bonchev–Trinajstić information content (AvgIpc) is 2.89. The van der Waals surface area contributed by atoms with E-state index in [-0.39, 0.29) is 0 Å². The van der Waals surface area contributed by atoms with Crippen LogP contribution in [0.4, 0.5) is 0 Å². The van der Waals surface area contributed by atoms with Crippen molar-refractivity contribution in [3.63, 3.8) is 0 Å². The lowest BCUT2D eigenvalue weighted by Gasteiger charge is -2.54. The number of rotatable bonds is 13. The van der Waals surface area contributed by atoms with Crippen molar-refractivity contribution in [1.82, 2.24) is 0 Å². The Morgan fingerprint density at radius 3 is 2.06 bits per heavy atom. The summed E-state index contributed by atoms with van der Waals surface area (Å²) in [4.78, 5) is 0. The molecule has 4 aliphatic rings. The highest BCUT2D eigenvalue weighted by Crippen LogP contribution is 2.59. The van der Waals surface area contributed by atoms with E-state index in [1.807, 2.05) is 0 Å². The predicted octanol–water partition coefficient (Wildman–Crippen LogP) is 10.7. The Labute approximate surface area is 212 Å². The van der Waals surface area contributed by atoms with Gasteiger partial charge in [-0.05, 0) is 117 Å². The molecule has 4 saturated carbocycles. The Morgan fingerprint density at radius 2 is 1.41 bits per heavy atom. The molecule has 190 valence electrons. The number of hydrogen-bond acceptors (Lipinski definition) is 0. The van der Waals surface area contributed by atoms with E-state index < -0.39 is 0 Å². The second-order valence-corrected chi connectivity index (χ2v) is 12.7. The van der Waals surface area contributed by atoms with Crippen molar-refractivity contribution in [2.75, 3.05) is 0 Å². The van der Waals surface area contributed by atoms with Gasteiger partial charge in [-0.25, -0.2) is 0 Å². The topological polar surface area (TPSA) is 0 Å². The molecule has 0 heterocycles. The molecule has 0 spiro atoms. The van der Waals surface area contributed by atoms with Crippen molar-refractivity contribution in [3.8, 4) is 0 Å². The van der Waals surface area contributed by atoms with E-state index in [1.54, 1.807) is 5.56 Å². The number of benzene rings is 1. The van der Waals surface area contributed by atoms with Crippen molar-refractivity contribution >= 4 is 0 Å². The highest BCUT2D eigenvalue weighted by Gasteiger charge is 2.48. The van der Waals surface area contributed by atoms with Gasteiger partial charge in [0.15, 0.2) is 0 Å². The Bertz CT molecular complexity index is 705. The summed E-state index contributed by atoms with van der Waals surface area (Å²) in [7, 11) is 0. The van der Waals surface area contributed by atoms with Gasteiger partial charge in [0.1, 0.15) is 0 Å². The van der Waals surface area contributed by atoms with Gasteiger partial charge in [-0.2, -0.15) is 0 Å². The third-order valence-corrected chi connectivity index (χ3v) is 10.4. The molecule has 5 rings (SSSR count). The fourth-order valence-corrected chi connectivity index (χ4v) is 7.74. The quantitative estimate of drug-likeness (QED) is 0.202. The van der Waals surface area contributed by atoms with Crippen LogP contribution in [0.2, 0.25) is 0 Å². The molecule has 0 unspecified atom stereocenters. The summed E-state index contributed by atoms with van der Waals surface area (Å²) in [5, 5.41) is 0. The third-order valence-electron chi connectivity index (χ3n) is 10.4. The summed E-state index contributed by atoms with van der Waals surface area (Å²) >= 11 is 0. The van der Waals surface area contributed by atoms with E-state index in [4.69, 9.17) is 0 Å². The van der Waals surface area contributed by atoms with Gasteiger partial charge in [0.05, 0.1) is 0 Å². The van der Waals surface area contributed by atoms with Crippen LogP contribution in [-0.4, -0.2) is 0 Å². The van der Waals surface area contributed by atoms with Gasteiger partial charge in [-0.1, -0.05) is 95.2 Å². The van der Waals surface area contributed by atoms with Gasteiger partial charge >= 0.3 is 0 Å². The van der Waals surface area contributed by atoms with Crippen LogP contribution in [0, 0.1) is 17.3 Å². The van der Waals surface area contributed by atoms with Crippen molar-refractivity contribution in [1.29, 1.82) is 0 Å². The maximum atomic E-state index is 2.56. The first-order valence-corrected chi connectivity index (χ1v) is 15.4. The highest BCUT2D eigenvalue weighted by atomic mass is 14.5. The van der Waals surface area contributed by atoms with Crippen molar-refractivity contribution in [3.05, 3.63) is 47.5 Å². The smallest absolute Gasteiger partial charge is 0.00463 e. The summed E-state index contributed by atoms with van der Waals surface area (Å²) in [6.07, 6.45) is 33.6. The molecule has 4 fully saturated rings. The molecule has 0 heteroatoms. The fourth-order valence-electron chi connectivity index (χ4n) is 7.74. The van der Waals surface area contributed by atoms with Crippen LogP contribution in [0.5, 0.6) is 0 Å². The standard InChI is InChI=1S/C34H54/c1-3-5-7-11-29-14-16-30(17-15-29)12-8-9-13-31-18-20-32(21-19-31)34-26-23-33(24-27-34,25-28-34)22-10-6-4-2/h8,12,18-21,29-30H,3-7,9-11,13-17,22-28H2,1-2H3/b12-8+. The lowest BCUT2D eigenvalue weighted by atomic mass is 9.51. The number of unbranched alkanes of at least 4 members (excludes halogenated alkanes) is 4. The minimum absolute atomic E-state index is 0.514. The molecule has 0 N–H and O–H groups in total. The van der Waals surface area contributed by atoms with Crippen molar-refractivity contribution in [2.24, 2.45) is 17.3 Å². The van der Waals surface area contributed by atoms with Crippen molar-refractivity contribution in [2.45, 2.75) is 148 Å². The van der Waals surface area contributed by atoms with E-state index in [2.05, 4.69) is 50.3 Å². The maximum Gasteiger partial charge on any atom is -0.00463 e. The lowest BCUT2D eigenvalue weighted by molar-refractivity contribution is 0.0305. The number of aryl methyl sites for hydroxylation is 1. The Hall–Kier alpha value is -1.04. The molecule has 0 aliphatic heterocycles. The Kier molecular flexibility index (Phi) is 9.79. The van der Waals surface area contributed by atoms with E-state index >= 15 is 0 Å². The van der Waals surface area contributed by atoms with E-state index in [0.29, 0.717) is 5.41 Å².